The first-order chi connectivity index (χ1) is 42.8. The fourth-order valence-electron chi connectivity index (χ4n) is 15.3. The maximum Gasteiger partial charge on any atom is 3.00 e. The zero-order valence-electron chi connectivity index (χ0n) is 54.5. The molecule has 2 unspecified atom stereocenters. The van der Waals surface area contributed by atoms with Gasteiger partial charge in [0.2, 0.25) is 41.4 Å². The molecule has 6 aliphatic rings. The van der Waals surface area contributed by atoms with E-state index < -0.39 is 143 Å². The number of imidazole rings is 1. The summed E-state index contributed by atoms with van der Waals surface area (Å²) in [5.74, 6) is -7.34. The van der Waals surface area contributed by atoms with Crippen molar-refractivity contribution >= 4 is 77.3 Å². The normalized spacial score (nSPS) is 33.1. The number of rotatable bonds is 26. The summed E-state index contributed by atoms with van der Waals surface area (Å²) in [5.41, 5.74) is 36.8. The minimum Gasteiger partial charge on any atom is -0.682 e. The third-order valence-electron chi connectivity index (χ3n) is 20.5. The first-order valence-corrected chi connectivity index (χ1v) is 32.2. The largest absolute Gasteiger partial charge is 3.00 e. The predicted octanol–water partition coefficient (Wildman–Crippen LogP) is 4.04. The molecule has 2 aromatic rings. The maximum absolute atomic E-state index is 14.4. The Labute approximate surface area is 551 Å². The minimum absolute atomic E-state index is 0. The van der Waals surface area contributed by atoms with Crippen molar-refractivity contribution in [3.05, 3.63) is 75.8 Å². The molecule has 7 heterocycles. The van der Waals surface area contributed by atoms with E-state index in [1.165, 1.54) is 13.3 Å². The van der Waals surface area contributed by atoms with Gasteiger partial charge in [0.05, 0.1) is 41.3 Å². The average molecular weight is 1360 g/mol. The Bertz CT molecular complexity index is 3600. The number of aliphatic imine (C=N–C) groups is 3. The van der Waals surface area contributed by atoms with E-state index in [2.05, 4.69) is 10.3 Å². The number of aliphatic hydroxyl groups is 2. The molecule has 28 nitrogen and oxygen atoms in total. The molecule has 93 heavy (non-hydrogen) atoms. The molecule has 6 aliphatic heterocycles. The number of carbonyl (C=O) groups excluding carboxylic acids is 7. The Morgan fingerprint density at radius 2 is 1.38 bits per heavy atom. The molecule has 7 amide bonds. The van der Waals surface area contributed by atoms with Gasteiger partial charge in [-0.1, -0.05) is 40.7 Å². The Morgan fingerprint density at radius 3 is 1.95 bits per heavy atom. The van der Waals surface area contributed by atoms with Gasteiger partial charge in [0.1, 0.15) is 18.3 Å². The SMILES string of the molecule is C/C1=C2/[N-][C@H]([C@H](CC(N)=O)[C@@]2(C)CCC(=O)NC[C@H](C)OP(=O)(O)OC2[C@@H](O)[C@@H](n3cnc4cc(C)c(C)cc43)O[C@@H]2CO)[C@]2(C)N=C(/C(C)=C3N=C(/C=C4N=C1[C@@H](CCC(N)=O)C/4(C)C)[C@@H](CCC(N)=O)[C@]\3(C)CC(N)=O)[C@@H](CCC(N)=O)[C@]2(C)CC(N)=O.[C-]#N.[Co+3]. The molecule has 15 atom stereocenters. The Morgan fingerprint density at radius 1 is 0.796 bits per heavy atom. The van der Waals surface area contributed by atoms with Gasteiger partial charge in [-0.15, -0.1) is 0 Å². The molecule has 0 saturated carbocycles. The third-order valence-corrected chi connectivity index (χ3v) is 21.6. The molecule has 0 radical (unpaired) electrons. The van der Waals surface area contributed by atoms with Crippen molar-refractivity contribution in [1.29, 1.82) is 5.26 Å². The van der Waals surface area contributed by atoms with Crippen molar-refractivity contribution in [3.63, 3.8) is 0 Å². The van der Waals surface area contributed by atoms with E-state index >= 15 is 0 Å². The number of primary amides is 6. The third kappa shape index (κ3) is 14.6. The molecule has 1 aromatic heterocycles. The van der Waals surface area contributed by atoms with Crippen molar-refractivity contribution in [2.75, 3.05) is 13.2 Å². The van der Waals surface area contributed by atoms with E-state index in [4.69, 9.17) is 80.3 Å². The Balaban J connectivity index is 0.00000453. The fourth-order valence-corrected chi connectivity index (χ4v) is 16.5. The number of amides is 7. The summed E-state index contributed by atoms with van der Waals surface area (Å²) in [7, 11) is -5.07. The zero-order valence-corrected chi connectivity index (χ0v) is 56.4. The van der Waals surface area contributed by atoms with Crippen LogP contribution in [0.3, 0.4) is 0 Å². The monoisotopic (exact) mass is 1360 g/mol. The van der Waals surface area contributed by atoms with Gasteiger partial charge in [0.25, 0.3) is 0 Å². The van der Waals surface area contributed by atoms with Crippen molar-refractivity contribution in [2.24, 2.45) is 94.7 Å². The second-order valence-electron chi connectivity index (χ2n) is 27.0. The number of hydrogen-bond acceptors (Lipinski definition) is 18. The van der Waals surface area contributed by atoms with E-state index in [0.29, 0.717) is 56.4 Å². The predicted molar refractivity (Wildman–Crippen MR) is 339 cm³/mol. The molecule has 8 rings (SSSR count). The van der Waals surface area contributed by atoms with Gasteiger partial charge >= 0.3 is 24.6 Å². The second-order valence-corrected chi connectivity index (χ2v) is 28.4. The van der Waals surface area contributed by atoms with Crippen molar-refractivity contribution < 1.29 is 83.8 Å². The molecule has 508 valence electrons. The zero-order chi connectivity index (χ0) is 68.7. The maximum atomic E-state index is 14.4. The van der Waals surface area contributed by atoms with E-state index in [0.717, 1.165) is 11.1 Å². The number of nitrogens with one attached hydrogen (secondary N) is 1. The smallest absolute Gasteiger partial charge is 0.682 e. The summed E-state index contributed by atoms with van der Waals surface area (Å²) in [5, 5.41) is 36.5. The van der Waals surface area contributed by atoms with E-state index in [-0.39, 0.29) is 94.0 Å². The summed E-state index contributed by atoms with van der Waals surface area (Å²) in [4.78, 5) is 125. The van der Waals surface area contributed by atoms with Crippen LogP contribution in [-0.4, -0.2) is 132 Å². The number of phosphoric acid groups is 1. The topological polar surface area (TPSA) is 486 Å². The van der Waals surface area contributed by atoms with Crippen LogP contribution >= 0.6 is 7.82 Å². The second kappa shape index (κ2) is 28.5. The molecule has 2 saturated heterocycles. The van der Waals surface area contributed by atoms with Crippen LogP contribution in [0.15, 0.2) is 67.8 Å². The molecule has 0 spiro atoms. The molecular formula is C63H89CoN14O14P+. The molecule has 16 N–H and O–H groups in total. The van der Waals surface area contributed by atoms with Crippen LogP contribution in [0.25, 0.3) is 16.4 Å². The van der Waals surface area contributed by atoms with Crippen LogP contribution < -0.4 is 39.7 Å². The van der Waals surface area contributed by atoms with Gasteiger partial charge in [-0.3, -0.25) is 57.6 Å². The number of nitrogens with two attached hydrogens (primary N) is 6. The molecule has 8 bridgehead atoms. The first-order valence-electron chi connectivity index (χ1n) is 30.7. The molecular weight excluding hydrogens is 1270 g/mol. The summed E-state index contributed by atoms with van der Waals surface area (Å²) in [6, 6.07) is 2.68. The van der Waals surface area contributed by atoms with Crippen molar-refractivity contribution in [3.8, 4) is 0 Å². The summed E-state index contributed by atoms with van der Waals surface area (Å²) >= 11 is 0. The molecule has 30 heteroatoms. The van der Waals surface area contributed by atoms with Crippen LogP contribution in [-0.2, 0) is 68.7 Å². The van der Waals surface area contributed by atoms with E-state index in [1.54, 1.807) is 11.5 Å². The van der Waals surface area contributed by atoms with Gasteiger partial charge < -0.3 is 81.3 Å². The number of benzene rings is 1. The van der Waals surface area contributed by atoms with E-state index in [9.17, 15) is 53.2 Å². The number of nitrogens with zero attached hydrogens (tertiary/aromatic N) is 7. The van der Waals surface area contributed by atoms with Gasteiger partial charge in [-0.25, -0.2) is 9.55 Å². The van der Waals surface area contributed by atoms with Crippen LogP contribution in [0.1, 0.15) is 150 Å². The van der Waals surface area contributed by atoms with Crippen molar-refractivity contribution in [1.82, 2.24) is 14.9 Å². The number of ether oxygens (including phenoxy) is 1. The molecule has 1 aromatic carbocycles. The Kier molecular flexibility index (Phi) is 23.0. The summed E-state index contributed by atoms with van der Waals surface area (Å²) in [6.45, 7) is 23.9. The fraction of sp³-hybridized carbons (Fsp3) is 0.619. The summed E-state index contributed by atoms with van der Waals surface area (Å²) in [6.07, 6.45) is -4.47. The number of aromatic nitrogens is 2. The number of fused-ring (bicyclic) bond motifs is 7. The van der Waals surface area contributed by atoms with Gasteiger partial charge in [0, 0.05) is 108 Å². The number of phosphoric ester groups is 1. The van der Waals surface area contributed by atoms with Crippen molar-refractivity contribution in [2.45, 2.75) is 189 Å². The number of carbonyl (C=O) groups is 7. The quantitative estimate of drug-likeness (QED) is 0.0469. The number of hydrogen-bond donors (Lipinski definition) is 10. The van der Waals surface area contributed by atoms with Crippen LogP contribution in [0, 0.1) is 71.0 Å². The number of allylic oxidation sites excluding steroid dienone is 6. The van der Waals surface area contributed by atoms with Gasteiger partial charge in [0.15, 0.2) is 6.23 Å². The standard InChI is InChI=1S/C62H90N13O14P.CN.Co/c1-29-20-39-40(21-30(29)2)75(28-70-39)57-52(84)53(41(27-76)87-57)89-90(85,86)88-31(3)26-69-49(83)18-19-59(8)37(22-46(66)80)56-62(11)61(10,25-48(68)82)36(14-17-45(65)79)51(74-62)33(5)55-60(9,24-47(67)81)34(12-15-43(63)77)38(71-55)23-42-58(6,7)35(13-16-44(64)78)50(72-42)32(4)54(59)73-56;1-2;/h20-21,23,28,31,34-37,41,52-53,56-57,76,84H,12-19,22,24-27H2,1-11H3,(H15,63,64,65,66,67,68,69,71,72,73,74,77,78,79,80,81,82,83,85,86);;/q;-1;+3/p-1/t31-,34+,35+,36+,37-,41+,52+,53?,56+,57-,59+,60-,61-,62-;;/m0../s1. The van der Waals surface area contributed by atoms with Crippen LogP contribution in [0.2, 0.25) is 0 Å². The minimum atomic E-state index is -5.07. The van der Waals surface area contributed by atoms with Gasteiger partial charge in [-0.2, -0.15) is 5.70 Å². The van der Waals surface area contributed by atoms with Crippen LogP contribution in [0.4, 0.5) is 0 Å². The van der Waals surface area contributed by atoms with E-state index in [1.807, 2.05) is 80.5 Å². The molecule has 2 fully saturated rings. The number of aliphatic hydroxyl groups excluding tert-OH is 2. The number of aryl methyl sites for hydroxylation is 2. The Hall–Kier alpha value is -7.00. The molecule has 0 aliphatic carbocycles. The van der Waals surface area contributed by atoms with Crippen LogP contribution in [0.5, 0.6) is 0 Å². The first kappa shape index (κ1) is 75.0. The van der Waals surface area contributed by atoms with Gasteiger partial charge in [-0.05, 0) is 119 Å². The average Bonchev–Trinajstić information content (AvgIpc) is 1.53. The summed E-state index contributed by atoms with van der Waals surface area (Å²) < 4.78 is 32.3.